The lowest BCUT2D eigenvalue weighted by molar-refractivity contribution is 0.0998. The summed E-state index contributed by atoms with van der Waals surface area (Å²) in [5, 5.41) is 13.8. The molecule has 0 spiro atoms. The van der Waals surface area contributed by atoms with Gasteiger partial charge in [-0.3, -0.25) is 10.1 Å². The van der Waals surface area contributed by atoms with Crippen molar-refractivity contribution >= 4 is 56.4 Å². The summed E-state index contributed by atoms with van der Waals surface area (Å²) in [6.45, 7) is 1.93. The molecule has 1 aliphatic rings. The van der Waals surface area contributed by atoms with Crippen LogP contribution in [-0.2, 0) is 18.6 Å². The SMILES string of the molecule is Cc1nnc(SCc2c(C(=O)Nc3nc4c(s3)CCCCC4)oc3ccccc23)s1. The van der Waals surface area contributed by atoms with Crippen molar-refractivity contribution in [2.24, 2.45) is 0 Å². The molecule has 4 aromatic rings. The number of rotatable bonds is 5. The fraction of sp³-hybridized carbons (Fsp3) is 0.333. The molecule has 1 N–H and O–H groups in total. The number of aryl methyl sites for hydroxylation is 3. The van der Waals surface area contributed by atoms with Crippen molar-refractivity contribution < 1.29 is 9.21 Å². The fourth-order valence-corrected chi connectivity index (χ4v) is 6.52. The van der Waals surface area contributed by atoms with Gasteiger partial charge in [-0.2, -0.15) is 0 Å². The van der Waals surface area contributed by atoms with Gasteiger partial charge in [-0.15, -0.1) is 21.5 Å². The Kier molecular flexibility index (Phi) is 5.58. The van der Waals surface area contributed by atoms with Crippen LogP contribution >= 0.6 is 34.4 Å². The first kappa shape index (κ1) is 19.7. The Labute approximate surface area is 186 Å². The van der Waals surface area contributed by atoms with Gasteiger partial charge in [0.15, 0.2) is 15.2 Å². The van der Waals surface area contributed by atoms with Crippen LogP contribution in [0.3, 0.4) is 0 Å². The van der Waals surface area contributed by atoms with Gasteiger partial charge in [-0.1, -0.05) is 47.7 Å². The van der Waals surface area contributed by atoms with Crippen LogP contribution in [0.5, 0.6) is 0 Å². The Balaban J connectivity index is 1.42. The zero-order valence-electron chi connectivity index (χ0n) is 16.4. The van der Waals surface area contributed by atoms with E-state index in [-0.39, 0.29) is 5.91 Å². The van der Waals surface area contributed by atoms with Crippen molar-refractivity contribution in [2.75, 3.05) is 5.32 Å². The molecule has 30 heavy (non-hydrogen) atoms. The molecule has 0 saturated heterocycles. The largest absolute Gasteiger partial charge is 0.451 e. The number of furan rings is 1. The minimum atomic E-state index is -0.251. The number of anilines is 1. The molecule has 0 unspecified atom stereocenters. The number of thioether (sulfide) groups is 1. The van der Waals surface area contributed by atoms with E-state index >= 15 is 0 Å². The number of hydrogen-bond acceptors (Lipinski definition) is 8. The first-order valence-electron chi connectivity index (χ1n) is 9.90. The zero-order chi connectivity index (χ0) is 20.5. The van der Waals surface area contributed by atoms with E-state index in [0.717, 1.165) is 38.8 Å². The van der Waals surface area contributed by atoms with Crippen LogP contribution in [0, 0.1) is 6.92 Å². The van der Waals surface area contributed by atoms with Crippen LogP contribution < -0.4 is 5.32 Å². The highest BCUT2D eigenvalue weighted by molar-refractivity contribution is 8.00. The number of amides is 1. The summed E-state index contributed by atoms with van der Waals surface area (Å²) in [4.78, 5) is 19.1. The molecule has 0 fully saturated rings. The minimum Gasteiger partial charge on any atom is -0.451 e. The molecule has 1 aromatic carbocycles. The number of nitrogens with one attached hydrogen (secondary N) is 1. The normalized spacial score (nSPS) is 13.9. The first-order valence-corrected chi connectivity index (χ1v) is 12.5. The number of hydrogen-bond donors (Lipinski definition) is 1. The lowest BCUT2D eigenvalue weighted by atomic mass is 10.1. The van der Waals surface area contributed by atoms with Crippen LogP contribution in [0.4, 0.5) is 5.13 Å². The minimum absolute atomic E-state index is 0.251. The van der Waals surface area contributed by atoms with E-state index in [4.69, 9.17) is 4.42 Å². The van der Waals surface area contributed by atoms with Crippen molar-refractivity contribution in [3.05, 3.63) is 51.2 Å². The van der Waals surface area contributed by atoms with Gasteiger partial charge in [0.1, 0.15) is 10.6 Å². The molecule has 5 rings (SSSR count). The van der Waals surface area contributed by atoms with E-state index in [9.17, 15) is 4.79 Å². The first-order chi connectivity index (χ1) is 14.7. The molecule has 6 nitrogen and oxygen atoms in total. The third-order valence-electron chi connectivity index (χ3n) is 5.07. The molecule has 9 heteroatoms. The van der Waals surface area contributed by atoms with Crippen LogP contribution in [0.15, 0.2) is 33.0 Å². The van der Waals surface area contributed by atoms with Gasteiger partial charge in [0.25, 0.3) is 5.91 Å². The number of para-hydroxylation sites is 1. The molecule has 3 heterocycles. The molecule has 0 atom stereocenters. The second kappa shape index (κ2) is 8.49. The summed E-state index contributed by atoms with van der Waals surface area (Å²) >= 11 is 4.71. The van der Waals surface area contributed by atoms with E-state index in [1.807, 2.05) is 31.2 Å². The number of aromatic nitrogens is 3. The third kappa shape index (κ3) is 4.01. The second-order valence-electron chi connectivity index (χ2n) is 7.19. The van der Waals surface area contributed by atoms with Gasteiger partial charge in [0, 0.05) is 21.6 Å². The average molecular weight is 457 g/mol. The number of fused-ring (bicyclic) bond motifs is 2. The van der Waals surface area contributed by atoms with E-state index < -0.39 is 0 Å². The van der Waals surface area contributed by atoms with Crippen molar-refractivity contribution in [1.29, 1.82) is 0 Å². The predicted molar refractivity (Wildman–Crippen MR) is 122 cm³/mol. The monoisotopic (exact) mass is 456 g/mol. The standard InChI is InChI=1S/C21H20N4O2S3/c1-12-24-25-21(29-12)28-11-14-13-7-5-6-9-16(13)27-18(14)19(26)23-20-22-15-8-3-2-4-10-17(15)30-20/h5-7,9H,2-4,8,10-11H2,1H3,(H,22,23,26). The number of carbonyl (C=O) groups excluding carboxylic acids is 1. The van der Waals surface area contributed by atoms with E-state index in [1.54, 1.807) is 34.4 Å². The molecule has 1 amide bonds. The predicted octanol–water partition coefficient (Wildman–Crippen LogP) is 5.86. The number of carbonyl (C=O) groups is 1. The highest BCUT2D eigenvalue weighted by Crippen LogP contribution is 2.34. The molecular formula is C21H20N4O2S3. The molecular weight excluding hydrogens is 436 g/mol. The molecule has 1 aliphatic carbocycles. The van der Waals surface area contributed by atoms with Crippen molar-refractivity contribution in [3.63, 3.8) is 0 Å². The maximum Gasteiger partial charge on any atom is 0.293 e. The molecule has 0 bridgehead atoms. The van der Waals surface area contributed by atoms with Gasteiger partial charge in [0.2, 0.25) is 0 Å². The second-order valence-corrected chi connectivity index (χ2v) is 10.7. The van der Waals surface area contributed by atoms with Gasteiger partial charge in [-0.25, -0.2) is 4.98 Å². The summed E-state index contributed by atoms with van der Waals surface area (Å²) in [6, 6.07) is 7.75. The number of benzene rings is 1. The Morgan fingerprint density at radius 2 is 2.03 bits per heavy atom. The summed E-state index contributed by atoms with van der Waals surface area (Å²) < 4.78 is 6.85. The molecule has 0 aliphatic heterocycles. The van der Waals surface area contributed by atoms with Crippen LogP contribution in [0.1, 0.15) is 51.0 Å². The summed E-state index contributed by atoms with van der Waals surface area (Å²) in [5.74, 6) is 0.678. The Bertz CT molecular complexity index is 1190. The maximum atomic E-state index is 13.1. The van der Waals surface area contributed by atoms with Gasteiger partial charge in [0.05, 0.1) is 5.69 Å². The number of nitrogens with zero attached hydrogens (tertiary/aromatic N) is 3. The lowest BCUT2D eigenvalue weighted by Crippen LogP contribution is -2.12. The van der Waals surface area contributed by atoms with Crippen LogP contribution in [0.2, 0.25) is 0 Å². The van der Waals surface area contributed by atoms with Crippen molar-refractivity contribution in [3.8, 4) is 0 Å². The van der Waals surface area contributed by atoms with E-state index in [1.165, 1.54) is 24.1 Å². The fourth-order valence-electron chi connectivity index (χ4n) is 3.63. The lowest BCUT2D eigenvalue weighted by Gasteiger charge is -2.02. The molecule has 3 aromatic heterocycles. The maximum absolute atomic E-state index is 13.1. The van der Waals surface area contributed by atoms with Gasteiger partial charge < -0.3 is 4.42 Å². The summed E-state index contributed by atoms with van der Waals surface area (Å²) in [5.41, 5.74) is 2.72. The zero-order valence-corrected chi connectivity index (χ0v) is 18.9. The molecule has 154 valence electrons. The summed E-state index contributed by atoms with van der Waals surface area (Å²) in [6.07, 6.45) is 5.66. The third-order valence-corrected chi connectivity index (χ3v) is 8.14. The summed E-state index contributed by atoms with van der Waals surface area (Å²) in [7, 11) is 0. The van der Waals surface area contributed by atoms with Gasteiger partial charge >= 0.3 is 0 Å². The van der Waals surface area contributed by atoms with E-state index in [0.29, 0.717) is 22.2 Å². The molecule has 0 saturated carbocycles. The van der Waals surface area contributed by atoms with E-state index in [2.05, 4.69) is 20.5 Å². The van der Waals surface area contributed by atoms with Gasteiger partial charge in [-0.05, 0) is 38.7 Å². The van der Waals surface area contributed by atoms with Crippen molar-refractivity contribution in [2.45, 2.75) is 49.1 Å². The average Bonchev–Trinajstić information content (AvgIpc) is 3.39. The van der Waals surface area contributed by atoms with Crippen molar-refractivity contribution in [1.82, 2.24) is 15.2 Å². The topological polar surface area (TPSA) is 80.9 Å². The molecule has 0 radical (unpaired) electrons. The Hall–Kier alpha value is -2.23. The van der Waals surface area contributed by atoms with Crippen LogP contribution in [-0.4, -0.2) is 21.1 Å². The quantitative estimate of drug-likeness (QED) is 0.299. The highest BCUT2D eigenvalue weighted by Gasteiger charge is 2.23. The highest BCUT2D eigenvalue weighted by atomic mass is 32.2. The van der Waals surface area contributed by atoms with Crippen LogP contribution in [0.25, 0.3) is 11.0 Å². The Morgan fingerprint density at radius 3 is 2.90 bits per heavy atom. The smallest absolute Gasteiger partial charge is 0.293 e. The Morgan fingerprint density at radius 1 is 1.17 bits per heavy atom. The number of thiazole rings is 1.